The van der Waals surface area contributed by atoms with Gasteiger partial charge in [0.25, 0.3) is 5.91 Å². The van der Waals surface area contributed by atoms with Crippen LogP contribution in [0.3, 0.4) is 0 Å². The van der Waals surface area contributed by atoms with Gasteiger partial charge in [0.15, 0.2) is 5.82 Å². The van der Waals surface area contributed by atoms with E-state index in [1.54, 1.807) is 6.92 Å². The quantitative estimate of drug-likeness (QED) is 0.744. The summed E-state index contributed by atoms with van der Waals surface area (Å²) >= 11 is 0. The highest BCUT2D eigenvalue weighted by Crippen LogP contribution is 2.41. The molecule has 0 spiro atoms. The van der Waals surface area contributed by atoms with E-state index in [1.165, 1.54) is 0 Å². The number of amides is 1. The second-order valence-corrected chi connectivity index (χ2v) is 6.82. The SMILES string of the molecule is Cc1oc2nc(-c3cc(F)cc(F)c3)nc(NC3(C)CC3)c2c1C(N)=O. The number of nitrogens with zero attached hydrogens (tertiary/aromatic N) is 2. The van der Waals surface area contributed by atoms with Crippen molar-refractivity contribution in [1.29, 1.82) is 0 Å². The van der Waals surface area contributed by atoms with E-state index < -0.39 is 17.5 Å². The van der Waals surface area contributed by atoms with Crippen LogP contribution in [0.2, 0.25) is 0 Å². The van der Waals surface area contributed by atoms with Gasteiger partial charge >= 0.3 is 0 Å². The zero-order chi connectivity index (χ0) is 18.6. The predicted molar refractivity (Wildman–Crippen MR) is 91.7 cm³/mol. The summed E-state index contributed by atoms with van der Waals surface area (Å²) in [5.41, 5.74) is 5.82. The summed E-state index contributed by atoms with van der Waals surface area (Å²) in [6.45, 7) is 3.62. The highest BCUT2D eigenvalue weighted by Gasteiger charge is 2.38. The van der Waals surface area contributed by atoms with Gasteiger partial charge in [-0.1, -0.05) is 0 Å². The molecular formula is C18H16F2N4O2. The van der Waals surface area contributed by atoms with E-state index in [4.69, 9.17) is 10.2 Å². The molecule has 0 saturated heterocycles. The van der Waals surface area contributed by atoms with Crippen LogP contribution in [0.5, 0.6) is 0 Å². The minimum atomic E-state index is -0.735. The lowest BCUT2D eigenvalue weighted by atomic mass is 10.1. The number of aromatic nitrogens is 2. The number of rotatable bonds is 4. The van der Waals surface area contributed by atoms with Crippen molar-refractivity contribution in [3.63, 3.8) is 0 Å². The monoisotopic (exact) mass is 358 g/mol. The van der Waals surface area contributed by atoms with Gasteiger partial charge in [-0.15, -0.1) is 0 Å². The number of nitrogens with two attached hydrogens (primary N) is 1. The second kappa shape index (κ2) is 5.48. The molecule has 6 nitrogen and oxygen atoms in total. The Morgan fingerprint density at radius 3 is 2.46 bits per heavy atom. The second-order valence-electron chi connectivity index (χ2n) is 6.82. The van der Waals surface area contributed by atoms with Crippen LogP contribution in [0.4, 0.5) is 14.6 Å². The number of anilines is 1. The van der Waals surface area contributed by atoms with Crippen molar-refractivity contribution in [3.8, 4) is 11.4 Å². The molecule has 1 aliphatic carbocycles. The van der Waals surface area contributed by atoms with Gasteiger partial charge in [-0.3, -0.25) is 4.79 Å². The Kier molecular flexibility index (Phi) is 3.47. The fourth-order valence-electron chi connectivity index (χ4n) is 2.91. The topological polar surface area (TPSA) is 94.0 Å². The molecule has 0 unspecified atom stereocenters. The molecule has 0 atom stereocenters. The Balaban J connectivity index is 1.97. The number of primary amides is 1. The molecule has 4 rings (SSSR count). The van der Waals surface area contributed by atoms with Crippen LogP contribution in [0.1, 0.15) is 35.9 Å². The molecule has 1 amide bonds. The van der Waals surface area contributed by atoms with Gasteiger partial charge in [0, 0.05) is 17.2 Å². The molecule has 2 aromatic heterocycles. The maximum Gasteiger partial charge on any atom is 0.253 e. The van der Waals surface area contributed by atoms with Crippen LogP contribution >= 0.6 is 0 Å². The molecule has 1 aromatic carbocycles. The van der Waals surface area contributed by atoms with Crippen LogP contribution in [0.25, 0.3) is 22.5 Å². The van der Waals surface area contributed by atoms with E-state index in [2.05, 4.69) is 15.3 Å². The molecule has 0 radical (unpaired) electrons. The Labute approximate surface area is 147 Å². The van der Waals surface area contributed by atoms with Crippen molar-refractivity contribution in [2.75, 3.05) is 5.32 Å². The van der Waals surface area contributed by atoms with Crippen LogP contribution < -0.4 is 11.1 Å². The van der Waals surface area contributed by atoms with Crippen molar-refractivity contribution in [2.24, 2.45) is 5.73 Å². The van der Waals surface area contributed by atoms with E-state index in [0.29, 0.717) is 17.0 Å². The number of halogens is 2. The van der Waals surface area contributed by atoms with E-state index in [1.807, 2.05) is 6.92 Å². The summed E-state index contributed by atoms with van der Waals surface area (Å²) in [5, 5.41) is 3.66. The fourth-order valence-corrected chi connectivity index (χ4v) is 2.91. The molecule has 26 heavy (non-hydrogen) atoms. The average Bonchev–Trinajstić information content (AvgIpc) is 3.14. The van der Waals surface area contributed by atoms with Gasteiger partial charge in [-0.25, -0.2) is 13.8 Å². The van der Waals surface area contributed by atoms with Crippen LogP contribution in [0.15, 0.2) is 22.6 Å². The molecule has 2 heterocycles. The average molecular weight is 358 g/mol. The van der Waals surface area contributed by atoms with Gasteiger partial charge in [-0.2, -0.15) is 4.98 Å². The minimum Gasteiger partial charge on any atom is -0.442 e. The lowest BCUT2D eigenvalue weighted by Gasteiger charge is -2.14. The number of carbonyl (C=O) groups excluding carboxylic acids is 1. The third-order valence-corrected chi connectivity index (χ3v) is 4.51. The number of fused-ring (bicyclic) bond motifs is 1. The summed E-state index contributed by atoms with van der Waals surface area (Å²) in [6.07, 6.45) is 1.87. The highest BCUT2D eigenvalue weighted by atomic mass is 19.1. The van der Waals surface area contributed by atoms with Gasteiger partial charge in [0.05, 0.1) is 10.9 Å². The number of furan rings is 1. The van der Waals surface area contributed by atoms with Crippen molar-refractivity contribution in [3.05, 3.63) is 41.2 Å². The van der Waals surface area contributed by atoms with Gasteiger partial charge in [0.2, 0.25) is 5.71 Å². The van der Waals surface area contributed by atoms with Crippen LogP contribution in [-0.4, -0.2) is 21.4 Å². The molecule has 8 heteroatoms. The lowest BCUT2D eigenvalue weighted by Crippen LogP contribution is -2.19. The Bertz CT molecular complexity index is 1040. The summed E-state index contributed by atoms with van der Waals surface area (Å²) in [4.78, 5) is 20.5. The third-order valence-electron chi connectivity index (χ3n) is 4.51. The van der Waals surface area contributed by atoms with Gasteiger partial charge in [0.1, 0.15) is 23.2 Å². The molecule has 1 saturated carbocycles. The first kappa shape index (κ1) is 16.4. The Morgan fingerprint density at radius 1 is 1.23 bits per heavy atom. The minimum absolute atomic E-state index is 0.0902. The summed E-state index contributed by atoms with van der Waals surface area (Å²) in [5.74, 6) is -1.36. The van der Waals surface area contributed by atoms with Crippen molar-refractivity contribution in [1.82, 2.24) is 9.97 Å². The zero-order valence-corrected chi connectivity index (χ0v) is 14.2. The molecule has 0 bridgehead atoms. The predicted octanol–water partition coefficient (Wildman–Crippen LogP) is 3.54. The van der Waals surface area contributed by atoms with Crippen molar-refractivity contribution < 1.29 is 18.0 Å². The zero-order valence-electron chi connectivity index (χ0n) is 14.2. The first-order chi connectivity index (χ1) is 12.3. The largest absolute Gasteiger partial charge is 0.442 e. The maximum absolute atomic E-state index is 13.6. The first-order valence-corrected chi connectivity index (χ1v) is 8.11. The van der Waals surface area contributed by atoms with Crippen LogP contribution in [0, 0.1) is 18.6 Å². The smallest absolute Gasteiger partial charge is 0.253 e. The first-order valence-electron chi connectivity index (χ1n) is 8.11. The highest BCUT2D eigenvalue weighted by molar-refractivity contribution is 6.09. The van der Waals surface area contributed by atoms with E-state index >= 15 is 0 Å². The normalized spacial score (nSPS) is 15.2. The Hall–Kier alpha value is -3.03. The number of aryl methyl sites for hydroxylation is 1. The summed E-state index contributed by atoms with van der Waals surface area (Å²) < 4.78 is 32.8. The van der Waals surface area contributed by atoms with Gasteiger partial charge < -0.3 is 15.5 Å². The third kappa shape index (κ3) is 2.77. The standard InChI is InChI=1S/C18H16F2N4O2/c1-8-12(14(21)25)13-16(24-18(2)3-4-18)22-15(23-17(13)26-8)9-5-10(19)7-11(20)6-9/h5-7H,3-4H2,1-2H3,(H2,21,25)(H,22,23,24). The van der Waals surface area contributed by atoms with Crippen LogP contribution in [-0.2, 0) is 0 Å². The molecule has 1 aliphatic rings. The van der Waals surface area contributed by atoms with Crippen molar-refractivity contribution >= 4 is 22.8 Å². The maximum atomic E-state index is 13.6. The molecule has 3 N–H and O–H groups in total. The molecule has 0 aliphatic heterocycles. The van der Waals surface area contributed by atoms with E-state index in [-0.39, 0.29) is 28.2 Å². The summed E-state index contributed by atoms with van der Waals surface area (Å²) in [7, 11) is 0. The number of carbonyl (C=O) groups is 1. The molecule has 1 fully saturated rings. The van der Waals surface area contributed by atoms with E-state index in [0.717, 1.165) is 31.0 Å². The van der Waals surface area contributed by atoms with Gasteiger partial charge in [-0.05, 0) is 38.8 Å². The molecule has 134 valence electrons. The lowest BCUT2D eigenvalue weighted by molar-refractivity contribution is 0.1000. The number of hydrogen-bond acceptors (Lipinski definition) is 5. The number of nitrogens with one attached hydrogen (secondary N) is 1. The summed E-state index contributed by atoms with van der Waals surface area (Å²) in [6, 6.07) is 3.05. The Morgan fingerprint density at radius 2 is 1.88 bits per heavy atom. The number of hydrogen-bond donors (Lipinski definition) is 2. The van der Waals surface area contributed by atoms with Crippen molar-refractivity contribution in [2.45, 2.75) is 32.2 Å². The molecular weight excluding hydrogens is 342 g/mol. The van der Waals surface area contributed by atoms with E-state index in [9.17, 15) is 13.6 Å². The number of benzene rings is 1. The fraction of sp³-hybridized carbons (Fsp3) is 0.278. The molecule has 3 aromatic rings.